The minimum Gasteiger partial charge on any atom is -0.388 e. The first-order valence-electron chi connectivity index (χ1n) is 5.30. The Morgan fingerprint density at radius 2 is 2.00 bits per heavy atom. The van der Waals surface area contributed by atoms with Crippen LogP contribution in [0.15, 0.2) is 36.5 Å². The molecule has 0 radical (unpaired) electrons. The monoisotopic (exact) mass is 269 g/mol. The molecular weight excluding hydrogens is 260 g/mol. The molecule has 0 saturated carbocycles. The lowest BCUT2D eigenvalue weighted by atomic mass is 10.0. The van der Waals surface area contributed by atoms with E-state index < -0.39 is 17.7 Å². The maximum atomic E-state index is 13.6. The molecule has 1 heterocycles. The molecule has 94 valence electrons. The van der Waals surface area contributed by atoms with Gasteiger partial charge in [-0.05, 0) is 24.3 Å². The summed E-state index contributed by atoms with van der Waals surface area (Å²) in [6.45, 7) is 0. The lowest BCUT2D eigenvalue weighted by Crippen LogP contribution is -2.06. The zero-order valence-corrected chi connectivity index (χ0v) is 10.0. The first kappa shape index (κ1) is 12.9. The van der Waals surface area contributed by atoms with Gasteiger partial charge < -0.3 is 5.11 Å². The van der Waals surface area contributed by atoms with Gasteiger partial charge >= 0.3 is 0 Å². The van der Waals surface area contributed by atoms with E-state index in [-0.39, 0.29) is 17.0 Å². The molecule has 2 aromatic rings. The molecule has 1 aromatic heterocycles. The highest BCUT2D eigenvalue weighted by atomic mass is 35.5. The van der Waals surface area contributed by atoms with Crippen molar-refractivity contribution in [2.45, 2.75) is 12.5 Å². The van der Waals surface area contributed by atoms with Crippen LogP contribution in [0.1, 0.15) is 17.4 Å². The molecule has 18 heavy (non-hydrogen) atoms. The van der Waals surface area contributed by atoms with Gasteiger partial charge in [0.15, 0.2) is 0 Å². The van der Waals surface area contributed by atoms with E-state index >= 15 is 0 Å². The van der Waals surface area contributed by atoms with E-state index in [0.717, 1.165) is 12.1 Å². The molecule has 0 aliphatic rings. The normalized spacial score (nSPS) is 12.4. The van der Waals surface area contributed by atoms with E-state index in [1.165, 1.54) is 0 Å². The largest absolute Gasteiger partial charge is 0.388 e. The minimum atomic E-state index is -1.16. The molecule has 1 aromatic carbocycles. The molecular formula is C13H10ClF2NO. The summed E-state index contributed by atoms with van der Waals surface area (Å²) in [6, 6.07) is 6.96. The van der Waals surface area contributed by atoms with Crippen LogP contribution in [0.4, 0.5) is 8.78 Å². The average Bonchev–Trinajstić information content (AvgIpc) is 2.35. The molecule has 0 saturated heterocycles. The summed E-state index contributed by atoms with van der Waals surface area (Å²) in [6.07, 6.45) is 0.520. The van der Waals surface area contributed by atoms with Crippen molar-refractivity contribution in [3.63, 3.8) is 0 Å². The Bertz CT molecular complexity index is 548. The van der Waals surface area contributed by atoms with Crippen LogP contribution in [-0.4, -0.2) is 10.1 Å². The van der Waals surface area contributed by atoms with Crippen LogP contribution in [0.25, 0.3) is 0 Å². The van der Waals surface area contributed by atoms with E-state index in [2.05, 4.69) is 4.98 Å². The van der Waals surface area contributed by atoms with Crippen molar-refractivity contribution in [2.75, 3.05) is 0 Å². The van der Waals surface area contributed by atoms with Crippen LogP contribution >= 0.6 is 11.6 Å². The van der Waals surface area contributed by atoms with Gasteiger partial charge in [-0.2, -0.15) is 0 Å². The van der Waals surface area contributed by atoms with Crippen LogP contribution in [0, 0.1) is 11.6 Å². The molecule has 0 bridgehead atoms. The summed E-state index contributed by atoms with van der Waals surface area (Å²) in [7, 11) is 0. The topological polar surface area (TPSA) is 33.1 Å². The maximum Gasteiger partial charge on any atom is 0.142 e. The molecule has 2 nitrogen and oxygen atoms in total. The Morgan fingerprint density at radius 1 is 1.22 bits per heavy atom. The summed E-state index contributed by atoms with van der Waals surface area (Å²) in [5, 5.41) is 9.58. The molecule has 1 atom stereocenters. The van der Waals surface area contributed by atoms with Crippen molar-refractivity contribution in [1.29, 1.82) is 0 Å². The summed E-state index contributed by atoms with van der Waals surface area (Å²) in [5.74, 6) is -1.49. The van der Waals surface area contributed by atoms with Crippen molar-refractivity contribution in [1.82, 2.24) is 4.98 Å². The van der Waals surface area contributed by atoms with Crippen molar-refractivity contribution in [2.24, 2.45) is 0 Å². The lowest BCUT2D eigenvalue weighted by Gasteiger charge is -2.12. The second-order valence-electron chi connectivity index (χ2n) is 3.83. The minimum absolute atomic E-state index is 0.110. The number of rotatable bonds is 3. The summed E-state index contributed by atoms with van der Waals surface area (Å²) in [5.41, 5.74) is 0.474. The van der Waals surface area contributed by atoms with Gasteiger partial charge in [-0.3, -0.25) is 4.98 Å². The fraction of sp³-hybridized carbons (Fsp3) is 0.154. The smallest absolute Gasteiger partial charge is 0.142 e. The van der Waals surface area contributed by atoms with Crippen LogP contribution in [-0.2, 0) is 6.42 Å². The maximum absolute atomic E-state index is 13.6. The number of nitrogens with zero attached hydrogens (tertiary/aromatic N) is 1. The third-order valence-corrected chi connectivity index (χ3v) is 2.82. The highest BCUT2D eigenvalue weighted by Gasteiger charge is 2.17. The number of benzene rings is 1. The van der Waals surface area contributed by atoms with Crippen molar-refractivity contribution >= 4 is 11.6 Å². The molecule has 0 fully saturated rings. The van der Waals surface area contributed by atoms with Crippen molar-refractivity contribution < 1.29 is 13.9 Å². The van der Waals surface area contributed by atoms with Gasteiger partial charge in [0.05, 0.1) is 11.1 Å². The number of pyridine rings is 1. The number of halogens is 3. The van der Waals surface area contributed by atoms with Gasteiger partial charge in [-0.15, -0.1) is 0 Å². The Labute approximate surface area is 108 Å². The highest BCUT2D eigenvalue weighted by molar-refractivity contribution is 6.30. The Hall–Kier alpha value is -1.52. The third kappa shape index (κ3) is 2.83. The highest BCUT2D eigenvalue weighted by Crippen LogP contribution is 2.25. The third-order valence-electron chi connectivity index (χ3n) is 2.53. The fourth-order valence-corrected chi connectivity index (χ4v) is 1.77. The molecule has 0 aliphatic carbocycles. The van der Waals surface area contributed by atoms with Gasteiger partial charge in [0.1, 0.15) is 11.6 Å². The Balaban J connectivity index is 2.24. The zero-order valence-electron chi connectivity index (χ0n) is 9.28. The number of hydrogen-bond acceptors (Lipinski definition) is 2. The van der Waals surface area contributed by atoms with E-state index in [9.17, 15) is 13.9 Å². The van der Waals surface area contributed by atoms with Gasteiger partial charge in [0.25, 0.3) is 0 Å². The number of aliphatic hydroxyl groups excluding tert-OH is 1. The van der Waals surface area contributed by atoms with Crippen LogP contribution in [0.5, 0.6) is 0 Å². The van der Waals surface area contributed by atoms with Crippen LogP contribution < -0.4 is 0 Å². The molecule has 5 heteroatoms. The first-order chi connectivity index (χ1) is 8.58. The number of hydrogen-bond donors (Lipinski definition) is 1. The van der Waals surface area contributed by atoms with E-state index in [1.807, 2.05) is 0 Å². The average molecular weight is 270 g/mol. The Morgan fingerprint density at radius 3 is 2.67 bits per heavy atom. The van der Waals surface area contributed by atoms with Crippen LogP contribution in [0.3, 0.4) is 0 Å². The quantitative estimate of drug-likeness (QED) is 0.868. The fourth-order valence-electron chi connectivity index (χ4n) is 1.62. The van der Waals surface area contributed by atoms with Gasteiger partial charge in [0.2, 0.25) is 0 Å². The zero-order chi connectivity index (χ0) is 13.1. The molecule has 2 rings (SSSR count). The molecule has 0 amide bonds. The molecule has 1 unspecified atom stereocenters. The number of aliphatic hydroxyl groups is 1. The summed E-state index contributed by atoms with van der Waals surface area (Å²) in [4.78, 5) is 4.01. The number of aromatic nitrogens is 1. The predicted molar refractivity (Wildman–Crippen MR) is 64.3 cm³/mol. The summed E-state index contributed by atoms with van der Waals surface area (Å²) >= 11 is 5.44. The Kier molecular flexibility index (Phi) is 3.89. The molecule has 0 aliphatic heterocycles. The standard InChI is InChI=1S/C13H10ClF2NO/c14-10-7-11(15)9(6-12(10)16)13(18)5-8-3-1-2-4-17-8/h1-4,6-7,13,18H,5H2. The van der Waals surface area contributed by atoms with Crippen molar-refractivity contribution in [3.05, 3.63) is 64.4 Å². The molecule has 0 spiro atoms. The van der Waals surface area contributed by atoms with Gasteiger partial charge in [0, 0.05) is 23.9 Å². The second-order valence-corrected chi connectivity index (χ2v) is 4.24. The van der Waals surface area contributed by atoms with E-state index in [0.29, 0.717) is 5.69 Å². The predicted octanol–water partition coefficient (Wildman–Crippen LogP) is 3.29. The lowest BCUT2D eigenvalue weighted by molar-refractivity contribution is 0.172. The molecule has 1 N–H and O–H groups in total. The van der Waals surface area contributed by atoms with Gasteiger partial charge in [-0.25, -0.2) is 8.78 Å². The van der Waals surface area contributed by atoms with Crippen LogP contribution in [0.2, 0.25) is 5.02 Å². The SMILES string of the molecule is OC(Cc1ccccn1)c1cc(F)c(Cl)cc1F. The van der Waals surface area contributed by atoms with Crippen molar-refractivity contribution in [3.8, 4) is 0 Å². The first-order valence-corrected chi connectivity index (χ1v) is 5.68. The van der Waals surface area contributed by atoms with Gasteiger partial charge in [-0.1, -0.05) is 17.7 Å². The van der Waals surface area contributed by atoms with E-state index in [1.54, 1.807) is 24.4 Å². The summed E-state index contributed by atoms with van der Waals surface area (Å²) < 4.78 is 26.8. The second kappa shape index (κ2) is 5.42. The van der Waals surface area contributed by atoms with E-state index in [4.69, 9.17) is 11.6 Å².